The lowest BCUT2D eigenvalue weighted by atomic mass is 10.0. The van der Waals surface area contributed by atoms with Gasteiger partial charge >= 0.3 is 23.9 Å². The molecule has 1 aliphatic rings. The lowest BCUT2D eigenvalue weighted by molar-refractivity contribution is -0.270. The van der Waals surface area contributed by atoms with Crippen molar-refractivity contribution in [3.8, 4) is 0 Å². The Kier molecular flexibility index (Phi) is 6.95. The molecule has 23 heavy (non-hydrogen) atoms. The number of hydrogen-bond acceptors (Lipinski definition) is 9. The van der Waals surface area contributed by atoms with Crippen molar-refractivity contribution < 1.29 is 42.9 Å². The molecular formula is C14H20O9. The van der Waals surface area contributed by atoms with Gasteiger partial charge in [0.1, 0.15) is 18.8 Å². The Morgan fingerprint density at radius 2 is 1.35 bits per heavy atom. The standard InChI is InChI=1S/C14H20O9/c1-7(15)19-6-13-11(20-8(2)16)5-12(21-9(3)17)14(23-13)22-10(4)18/h11-14H,5-6H2,1-4H3/t11-,12+,13+,14?/m1/s1. The zero-order valence-electron chi connectivity index (χ0n) is 13.4. The van der Waals surface area contributed by atoms with Gasteiger partial charge in [-0.05, 0) is 0 Å². The van der Waals surface area contributed by atoms with Gasteiger partial charge in [-0.2, -0.15) is 0 Å². The van der Waals surface area contributed by atoms with E-state index in [0.717, 1.165) is 0 Å². The van der Waals surface area contributed by atoms with Crippen molar-refractivity contribution in [1.29, 1.82) is 0 Å². The van der Waals surface area contributed by atoms with E-state index >= 15 is 0 Å². The Labute approximate surface area is 133 Å². The molecule has 0 radical (unpaired) electrons. The summed E-state index contributed by atoms with van der Waals surface area (Å²) in [5.41, 5.74) is 0. The van der Waals surface area contributed by atoms with Crippen LogP contribution in [0.5, 0.6) is 0 Å². The maximum atomic E-state index is 11.2. The first-order valence-electron chi connectivity index (χ1n) is 6.99. The second-order valence-electron chi connectivity index (χ2n) is 4.99. The van der Waals surface area contributed by atoms with E-state index in [1.165, 1.54) is 27.7 Å². The molecule has 130 valence electrons. The first-order valence-corrected chi connectivity index (χ1v) is 6.99. The summed E-state index contributed by atoms with van der Waals surface area (Å²) in [6, 6.07) is 0. The number of rotatable bonds is 5. The molecule has 0 aromatic heterocycles. The summed E-state index contributed by atoms with van der Waals surface area (Å²) < 4.78 is 25.5. The minimum atomic E-state index is -1.18. The molecule has 1 heterocycles. The van der Waals surface area contributed by atoms with Crippen molar-refractivity contribution in [3.05, 3.63) is 0 Å². The topological polar surface area (TPSA) is 114 Å². The van der Waals surface area contributed by atoms with Crippen LogP contribution >= 0.6 is 0 Å². The Morgan fingerprint density at radius 1 is 0.826 bits per heavy atom. The molecule has 0 aliphatic carbocycles. The lowest BCUT2D eigenvalue weighted by Crippen LogP contribution is -2.53. The molecule has 9 nitrogen and oxygen atoms in total. The van der Waals surface area contributed by atoms with Gasteiger partial charge in [0.25, 0.3) is 0 Å². The third-order valence-electron chi connectivity index (χ3n) is 2.86. The molecule has 9 heteroatoms. The predicted octanol–water partition coefficient (Wildman–Crippen LogP) is 0.0910. The summed E-state index contributed by atoms with van der Waals surface area (Å²) in [7, 11) is 0. The van der Waals surface area contributed by atoms with Gasteiger partial charge in [0, 0.05) is 34.1 Å². The third kappa shape index (κ3) is 6.64. The van der Waals surface area contributed by atoms with Crippen LogP contribution in [0.25, 0.3) is 0 Å². The second-order valence-corrected chi connectivity index (χ2v) is 4.99. The number of hydrogen-bond donors (Lipinski definition) is 0. The minimum Gasteiger partial charge on any atom is -0.463 e. The van der Waals surface area contributed by atoms with Gasteiger partial charge in [-0.25, -0.2) is 0 Å². The van der Waals surface area contributed by atoms with Crippen molar-refractivity contribution in [3.63, 3.8) is 0 Å². The van der Waals surface area contributed by atoms with Crippen LogP contribution in [0, 0.1) is 0 Å². The first kappa shape index (κ1) is 18.9. The van der Waals surface area contributed by atoms with Crippen LogP contribution in [0.15, 0.2) is 0 Å². The van der Waals surface area contributed by atoms with E-state index in [9.17, 15) is 19.2 Å². The molecule has 0 amide bonds. The largest absolute Gasteiger partial charge is 0.463 e. The van der Waals surface area contributed by atoms with E-state index in [1.54, 1.807) is 0 Å². The summed E-state index contributed by atoms with van der Waals surface area (Å²) >= 11 is 0. The average Bonchev–Trinajstić information content (AvgIpc) is 2.38. The van der Waals surface area contributed by atoms with Crippen LogP contribution in [0.3, 0.4) is 0 Å². The van der Waals surface area contributed by atoms with Crippen molar-refractivity contribution in [1.82, 2.24) is 0 Å². The first-order chi connectivity index (χ1) is 10.7. The Bertz CT molecular complexity index is 473. The van der Waals surface area contributed by atoms with Crippen LogP contribution in [0.1, 0.15) is 34.1 Å². The van der Waals surface area contributed by atoms with Crippen LogP contribution in [-0.4, -0.2) is 55.1 Å². The molecule has 1 aliphatic heterocycles. The van der Waals surface area contributed by atoms with Gasteiger partial charge in [0.05, 0.1) is 0 Å². The number of carbonyl (C=O) groups excluding carboxylic acids is 4. The molecule has 1 rings (SSSR count). The molecule has 1 saturated heterocycles. The molecule has 0 bridgehead atoms. The minimum absolute atomic E-state index is 0.0447. The Balaban J connectivity index is 2.89. The molecule has 4 atom stereocenters. The van der Waals surface area contributed by atoms with Gasteiger partial charge in [0.15, 0.2) is 6.10 Å². The lowest BCUT2D eigenvalue weighted by Gasteiger charge is -2.39. The van der Waals surface area contributed by atoms with E-state index in [4.69, 9.17) is 23.7 Å². The number of ether oxygens (including phenoxy) is 5. The fraction of sp³-hybridized carbons (Fsp3) is 0.714. The monoisotopic (exact) mass is 332 g/mol. The zero-order valence-corrected chi connectivity index (χ0v) is 13.4. The van der Waals surface area contributed by atoms with Gasteiger partial charge in [-0.15, -0.1) is 0 Å². The Morgan fingerprint density at radius 3 is 1.83 bits per heavy atom. The summed E-state index contributed by atoms with van der Waals surface area (Å²) in [6.07, 6.45) is -3.73. The highest BCUT2D eigenvalue weighted by atomic mass is 16.7. The summed E-state index contributed by atoms with van der Waals surface area (Å²) in [6.45, 7) is 4.60. The molecule has 0 N–H and O–H groups in total. The van der Waals surface area contributed by atoms with E-state index in [0.29, 0.717) is 0 Å². The highest BCUT2D eigenvalue weighted by Crippen LogP contribution is 2.26. The Hall–Kier alpha value is -2.16. The molecule has 0 aromatic carbocycles. The molecular weight excluding hydrogens is 312 g/mol. The average molecular weight is 332 g/mol. The number of esters is 4. The third-order valence-corrected chi connectivity index (χ3v) is 2.86. The number of carbonyl (C=O) groups is 4. The quantitative estimate of drug-likeness (QED) is 0.510. The molecule has 1 unspecified atom stereocenters. The fourth-order valence-corrected chi connectivity index (χ4v) is 2.11. The van der Waals surface area contributed by atoms with Crippen LogP contribution in [0.2, 0.25) is 0 Å². The molecule has 0 aromatic rings. The van der Waals surface area contributed by atoms with Gasteiger partial charge < -0.3 is 23.7 Å². The second kappa shape index (κ2) is 8.47. The predicted molar refractivity (Wildman–Crippen MR) is 72.8 cm³/mol. The van der Waals surface area contributed by atoms with E-state index in [2.05, 4.69) is 0 Å². The maximum Gasteiger partial charge on any atom is 0.305 e. The summed E-state index contributed by atoms with van der Waals surface area (Å²) in [5, 5.41) is 0. The fourth-order valence-electron chi connectivity index (χ4n) is 2.11. The normalized spacial score (nSPS) is 26.8. The van der Waals surface area contributed by atoms with Gasteiger partial charge in [0.2, 0.25) is 6.29 Å². The SMILES string of the molecule is CC(=O)OC[C@@H]1OC(OC(C)=O)[C@@H](OC(C)=O)C[C@H]1OC(C)=O. The van der Waals surface area contributed by atoms with Crippen LogP contribution in [0.4, 0.5) is 0 Å². The molecule has 0 saturated carbocycles. The van der Waals surface area contributed by atoms with Crippen LogP contribution < -0.4 is 0 Å². The maximum absolute atomic E-state index is 11.2. The van der Waals surface area contributed by atoms with E-state index in [1.807, 2.05) is 0 Å². The summed E-state index contributed by atoms with van der Waals surface area (Å²) in [5.74, 6) is -2.35. The van der Waals surface area contributed by atoms with Crippen LogP contribution in [-0.2, 0) is 42.9 Å². The zero-order chi connectivity index (χ0) is 17.6. The van der Waals surface area contributed by atoms with Crippen molar-refractivity contribution in [2.45, 2.75) is 58.7 Å². The van der Waals surface area contributed by atoms with E-state index in [-0.39, 0.29) is 13.0 Å². The molecule has 1 fully saturated rings. The van der Waals surface area contributed by atoms with Gasteiger partial charge in [-0.3, -0.25) is 19.2 Å². The van der Waals surface area contributed by atoms with Gasteiger partial charge in [-0.1, -0.05) is 0 Å². The van der Waals surface area contributed by atoms with Crippen molar-refractivity contribution in [2.24, 2.45) is 0 Å². The smallest absolute Gasteiger partial charge is 0.305 e. The highest BCUT2D eigenvalue weighted by molar-refractivity contribution is 5.68. The highest BCUT2D eigenvalue weighted by Gasteiger charge is 2.43. The van der Waals surface area contributed by atoms with Crippen molar-refractivity contribution in [2.75, 3.05) is 6.61 Å². The van der Waals surface area contributed by atoms with Crippen molar-refractivity contribution >= 4 is 23.9 Å². The summed E-state index contributed by atoms with van der Waals surface area (Å²) in [4.78, 5) is 44.5. The van der Waals surface area contributed by atoms with E-state index < -0.39 is 48.5 Å². The molecule has 0 spiro atoms.